The highest BCUT2D eigenvalue weighted by molar-refractivity contribution is 14.0. The molecule has 6 nitrogen and oxygen atoms in total. The van der Waals surface area contributed by atoms with Gasteiger partial charge in [-0.2, -0.15) is 8.78 Å². The highest BCUT2D eigenvalue weighted by Gasteiger charge is 2.18. The van der Waals surface area contributed by atoms with E-state index in [0.717, 1.165) is 13.1 Å². The number of halogens is 4. The zero-order chi connectivity index (χ0) is 18.2. The number of nitrogens with zero attached hydrogens (tertiary/aromatic N) is 2. The Bertz CT molecular complexity index is 595. The van der Waals surface area contributed by atoms with Crippen molar-refractivity contribution in [3.8, 4) is 5.75 Å². The number of nitrogens with one attached hydrogen (secondary N) is 2. The van der Waals surface area contributed by atoms with Crippen molar-refractivity contribution in [3.63, 3.8) is 0 Å². The van der Waals surface area contributed by atoms with Crippen molar-refractivity contribution in [1.82, 2.24) is 15.5 Å². The normalized spacial score (nSPS) is 18.4. The van der Waals surface area contributed by atoms with E-state index in [0.29, 0.717) is 29.7 Å². The molecule has 1 aromatic carbocycles. The van der Waals surface area contributed by atoms with E-state index in [9.17, 15) is 8.78 Å². The Morgan fingerprint density at radius 2 is 2.23 bits per heavy atom. The van der Waals surface area contributed by atoms with Crippen LogP contribution in [-0.4, -0.2) is 63.9 Å². The second-order valence-electron chi connectivity index (χ2n) is 5.69. The molecule has 1 unspecified atom stereocenters. The summed E-state index contributed by atoms with van der Waals surface area (Å²) < 4.78 is 35.2. The lowest BCUT2D eigenvalue weighted by Crippen LogP contribution is -2.48. The second-order valence-corrected chi connectivity index (χ2v) is 6.13. The third kappa shape index (κ3) is 7.77. The lowest BCUT2D eigenvalue weighted by atomic mass is 10.2. The van der Waals surface area contributed by atoms with E-state index < -0.39 is 6.61 Å². The molecule has 0 aromatic heterocycles. The SMILES string of the molecule is CN=C(NCc1cc(Cl)ccc1OC(F)F)NCC1CN(C)CCO1.I. The lowest BCUT2D eigenvalue weighted by molar-refractivity contribution is -0.0504. The molecule has 0 bridgehead atoms. The van der Waals surface area contributed by atoms with E-state index in [1.165, 1.54) is 12.1 Å². The Morgan fingerprint density at radius 1 is 1.46 bits per heavy atom. The van der Waals surface area contributed by atoms with Crippen LogP contribution in [0.25, 0.3) is 0 Å². The Morgan fingerprint density at radius 3 is 2.88 bits per heavy atom. The quantitative estimate of drug-likeness (QED) is 0.354. The third-order valence-corrected chi connectivity index (χ3v) is 3.98. The topological polar surface area (TPSA) is 58.1 Å². The van der Waals surface area contributed by atoms with Gasteiger partial charge in [-0.25, -0.2) is 0 Å². The van der Waals surface area contributed by atoms with Gasteiger partial charge in [0.1, 0.15) is 5.75 Å². The highest BCUT2D eigenvalue weighted by atomic mass is 127. The number of hydrogen-bond donors (Lipinski definition) is 2. The minimum atomic E-state index is -2.89. The minimum absolute atomic E-state index is 0. The highest BCUT2D eigenvalue weighted by Crippen LogP contribution is 2.24. The molecule has 1 aromatic rings. The molecule has 1 fully saturated rings. The standard InChI is InChI=1S/C16H23ClF2N4O2.HI/c1-20-16(22-9-13-10-23(2)5-6-24-13)21-8-11-7-12(17)3-4-14(11)25-15(18)19;/h3-4,7,13,15H,5-6,8-10H2,1-2H3,(H2,20,21,22);1H. The smallest absolute Gasteiger partial charge is 0.387 e. The van der Waals surface area contributed by atoms with Gasteiger partial charge in [0.05, 0.1) is 12.7 Å². The summed E-state index contributed by atoms with van der Waals surface area (Å²) in [5.41, 5.74) is 0.518. The van der Waals surface area contributed by atoms with Crippen LogP contribution >= 0.6 is 35.6 Å². The molecule has 1 aliphatic rings. The summed E-state index contributed by atoms with van der Waals surface area (Å²) in [4.78, 5) is 6.32. The van der Waals surface area contributed by atoms with Gasteiger partial charge in [-0.3, -0.25) is 4.99 Å². The van der Waals surface area contributed by atoms with Crippen molar-refractivity contribution in [1.29, 1.82) is 0 Å². The van der Waals surface area contributed by atoms with Crippen LogP contribution < -0.4 is 15.4 Å². The van der Waals surface area contributed by atoms with Crippen molar-refractivity contribution < 1.29 is 18.3 Å². The number of likely N-dealkylation sites (N-methyl/N-ethyl adjacent to an activating group) is 1. The molecule has 148 valence electrons. The van der Waals surface area contributed by atoms with E-state index >= 15 is 0 Å². The second kappa shape index (κ2) is 11.7. The van der Waals surface area contributed by atoms with Gasteiger partial charge in [0.2, 0.25) is 0 Å². The van der Waals surface area contributed by atoms with Gasteiger partial charge in [0.15, 0.2) is 5.96 Å². The molecule has 0 spiro atoms. The van der Waals surface area contributed by atoms with Crippen LogP contribution in [-0.2, 0) is 11.3 Å². The zero-order valence-electron chi connectivity index (χ0n) is 14.7. The Hall–Kier alpha value is -0.910. The number of alkyl halides is 2. The Balaban J connectivity index is 0.00000338. The summed E-state index contributed by atoms with van der Waals surface area (Å²) in [6.07, 6.45) is 0.0706. The van der Waals surface area contributed by atoms with E-state index in [1.54, 1.807) is 13.1 Å². The molecule has 0 amide bonds. The van der Waals surface area contributed by atoms with Crippen LogP contribution in [0.2, 0.25) is 5.02 Å². The molecule has 0 radical (unpaired) electrons. The number of guanidine groups is 1. The fourth-order valence-corrected chi connectivity index (χ4v) is 2.69. The van der Waals surface area contributed by atoms with E-state index in [1.807, 2.05) is 7.05 Å². The molecule has 1 saturated heterocycles. The number of hydrogen-bond acceptors (Lipinski definition) is 4. The molecule has 0 saturated carbocycles. The molecule has 1 aliphatic heterocycles. The van der Waals surface area contributed by atoms with Crippen LogP contribution in [0.15, 0.2) is 23.2 Å². The largest absolute Gasteiger partial charge is 0.434 e. The first-order valence-electron chi connectivity index (χ1n) is 7.96. The summed E-state index contributed by atoms with van der Waals surface area (Å²) >= 11 is 5.94. The van der Waals surface area contributed by atoms with Gasteiger partial charge in [0, 0.05) is 43.8 Å². The van der Waals surface area contributed by atoms with Crippen LogP contribution in [0.4, 0.5) is 8.78 Å². The van der Waals surface area contributed by atoms with Gasteiger partial charge in [-0.15, -0.1) is 24.0 Å². The Labute approximate surface area is 174 Å². The van der Waals surface area contributed by atoms with Crippen LogP contribution in [0.1, 0.15) is 5.56 Å². The zero-order valence-corrected chi connectivity index (χ0v) is 17.8. The van der Waals surface area contributed by atoms with Crippen molar-refractivity contribution >= 4 is 41.5 Å². The first-order chi connectivity index (χ1) is 12.0. The van der Waals surface area contributed by atoms with Crippen molar-refractivity contribution in [2.24, 2.45) is 4.99 Å². The number of aliphatic imine (C=N–C) groups is 1. The molecular weight excluding hydrogens is 481 g/mol. The van der Waals surface area contributed by atoms with Crippen molar-refractivity contribution in [2.45, 2.75) is 19.3 Å². The third-order valence-electron chi connectivity index (χ3n) is 3.75. The number of rotatable bonds is 6. The molecule has 26 heavy (non-hydrogen) atoms. The van der Waals surface area contributed by atoms with Gasteiger partial charge in [0.25, 0.3) is 0 Å². The number of ether oxygens (including phenoxy) is 2. The average molecular weight is 505 g/mol. The molecule has 10 heteroatoms. The number of benzene rings is 1. The molecule has 1 atom stereocenters. The minimum Gasteiger partial charge on any atom is -0.434 e. The molecule has 0 aliphatic carbocycles. The van der Waals surface area contributed by atoms with Gasteiger partial charge in [-0.1, -0.05) is 11.6 Å². The van der Waals surface area contributed by atoms with Gasteiger partial charge < -0.3 is 25.0 Å². The van der Waals surface area contributed by atoms with E-state index in [2.05, 4.69) is 25.3 Å². The van der Waals surface area contributed by atoms with E-state index in [-0.39, 0.29) is 42.4 Å². The summed E-state index contributed by atoms with van der Waals surface area (Å²) in [7, 11) is 3.68. The lowest BCUT2D eigenvalue weighted by Gasteiger charge is -2.30. The maximum absolute atomic E-state index is 12.5. The van der Waals surface area contributed by atoms with Gasteiger partial charge >= 0.3 is 6.61 Å². The van der Waals surface area contributed by atoms with Crippen LogP contribution in [0, 0.1) is 0 Å². The number of morpholine rings is 1. The summed E-state index contributed by atoms with van der Waals surface area (Å²) in [6.45, 7) is 0.410. The Kier molecular flexibility index (Phi) is 10.4. The predicted octanol–water partition coefficient (Wildman–Crippen LogP) is 2.56. The van der Waals surface area contributed by atoms with Crippen molar-refractivity contribution in [3.05, 3.63) is 28.8 Å². The summed E-state index contributed by atoms with van der Waals surface area (Å²) in [6, 6.07) is 4.51. The van der Waals surface area contributed by atoms with Crippen LogP contribution in [0.3, 0.4) is 0 Å². The molecule has 2 rings (SSSR count). The molecular formula is C16H24ClF2IN4O2. The molecule has 1 heterocycles. The maximum atomic E-state index is 12.5. The van der Waals surface area contributed by atoms with E-state index in [4.69, 9.17) is 16.3 Å². The molecule has 2 N–H and O–H groups in total. The monoisotopic (exact) mass is 504 g/mol. The van der Waals surface area contributed by atoms with Crippen molar-refractivity contribution in [2.75, 3.05) is 40.3 Å². The van der Waals surface area contributed by atoms with Crippen LogP contribution in [0.5, 0.6) is 5.75 Å². The van der Waals surface area contributed by atoms with Gasteiger partial charge in [-0.05, 0) is 25.2 Å². The summed E-state index contributed by atoms with van der Waals surface area (Å²) in [5, 5.41) is 6.68. The average Bonchev–Trinajstić information content (AvgIpc) is 2.57. The first kappa shape index (κ1) is 23.1. The fourth-order valence-electron chi connectivity index (χ4n) is 2.50. The fraction of sp³-hybridized carbons (Fsp3) is 0.562. The first-order valence-corrected chi connectivity index (χ1v) is 8.33. The maximum Gasteiger partial charge on any atom is 0.387 e. The summed E-state index contributed by atoms with van der Waals surface area (Å²) in [5.74, 6) is 0.624. The predicted molar refractivity (Wildman–Crippen MR) is 109 cm³/mol.